The number of anilines is 1. The van der Waals surface area contributed by atoms with Crippen molar-refractivity contribution < 1.29 is 17.9 Å². The van der Waals surface area contributed by atoms with E-state index in [1.807, 2.05) is 45.0 Å². The molecular weight excluding hydrogens is 484 g/mol. The zero-order chi connectivity index (χ0) is 25.4. The molecule has 1 aliphatic heterocycles. The van der Waals surface area contributed by atoms with Gasteiger partial charge in [-0.05, 0) is 63.6 Å². The number of sulfonamides is 1. The van der Waals surface area contributed by atoms with E-state index in [9.17, 15) is 13.2 Å². The maximum atomic E-state index is 13.7. The molecule has 3 aromatic carbocycles. The third-order valence-corrected chi connectivity index (χ3v) is 8.30. The Labute approximate surface area is 211 Å². The van der Waals surface area contributed by atoms with Crippen LogP contribution in [-0.2, 0) is 14.8 Å². The fourth-order valence-corrected chi connectivity index (χ4v) is 5.95. The fraction of sp³-hybridized carbons (Fsp3) is 0.296. The van der Waals surface area contributed by atoms with Gasteiger partial charge in [-0.1, -0.05) is 53.6 Å². The van der Waals surface area contributed by atoms with Crippen LogP contribution in [0.3, 0.4) is 0 Å². The highest BCUT2D eigenvalue weighted by molar-refractivity contribution is 7.92. The molecule has 0 saturated heterocycles. The predicted octanol–water partition coefficient (Wildman–Crippen LogP) is 5.57. The van der Waals surface area contributed by atoms with Crippen molar-refractivity contribution in [2.45, 2.75) is 50.7 Å². The Balaban J connectivity index is 1.68. The highest BCUT2D eigenvalue weighted by Crippen LogP contribution is 2.39. The second-order valence-corrected chi connectivity index (χ2v) is 11.7. The van der Waals surface area contributed by atoms with Crippen LogP contribution in [0.1, 0.15) is 43.0 Å². The van der Waals surface area contributed by atoms with Gasteiger partial charge in [-0.3, -0.25) is 9.10 Å². The number of ether oxygens (including phenoxy) is 1. The summed E-state index contributed by atoms with van der Waals surface area (Å²) in [5.74, 6) is 0.293. The van der Waals surface area contributed by atoms with Crippen LogP contribution >= 0.6 is 11.6 Å². The zero-order valence-corrected chi connectivity index (χ0v) is 21.8. The fourth-order valence-electron chi connectivity index (χ4n) is 4.30. The summed E-state index contributed by atoms with van der Waals surface area (Å²) in [4.78, 5) is 13.5. The maximum absolute atomic E-state index is 13.7. The number of rotatable bonds is 6. The molecule has 1 unspecified atom stereocenters. The number of benzene rings is 3. The minimum atomic E-state index is -4.04. The lowest BCUT2D eigenvalue weighted by Crippen LogP contribution is -2.45. The van der Waals surface area contributed by atoms with Gasteiger partial charge in [0, 0.05) is 17.0 Å². The number of amides is 1. The molecule has 8 heteroatoms. The number of hydrogen-bond acceptors (Lipinski definition) is 4. The van der Waals surface area contributed by atoms with E-state index in [0.717, 1.165) is 15.4 Å². The van der Waals surface area contributed by atoms with Gasteiger partial charge in [0.1, 0.15) is 17.9 Å². The molecular formula is C27H29ClN2O4S. The second-order valence-electron chi connectivity index (χ2n) is 9.43. The Morgan fingerprint density at radius 1 is 1.06 bits per heavy atom. The van der Waals surface area contributed by atoms with Gasteiger partial charge in [0.15, 0.2) is 0 Å². The molecule has 1 aliphatic rings. The zero-order valence-electron chi connectivity index (χ0n) is 20.2. The van der Waals surface area contributed by atoms with E-state index in [1.165, 1.54) is 0 Å². The number of aryl methyl sites for hydroxylation is 1. The van der Waals surface area contributed by atoms with Gasteiger partial charge >= 0.3 is 0 Å². The van der Waals surface area contributed by atoms with Crippen LogP contribution in [0.25, 0.3) is 0 Å². The SMILES string of the molecule is Cc1ccc(S(=O)(=O)N(CC(=O)NC2CC(C)(C)Oc3ccccc32)c2cccc(Cl)c2C)cc1. The predicted molar refractivity (Wildman–Crippen MR) is 139 cm³/mol. The van der Waals surface area contributed by atoms with E-state index in [4.69, 9.17) is 16.3 Å². The summed E-state index contributed by atoms with van der Waals surface area (Å²) in [7, 11) is -4.04. The first-order valence-electron chi connectivity index (χ1n) is 11.4. The summed E-state index contributed by atoms with van der Waals surface area (Å²) in [6.45, 7) is 7.16. The molecule has 0 radical (unpaired) electrons. The Morgan fingerprint density at radius 3 is 2.46 bits per heavy atom. The molecule has 1 atom stereocenters. The number of nitrogens with zero attached hydrogens (tertiary/aromatic N) is 1. The number of para-hydroxylation sites is 1. The lowest BCUT2D eigenvalue weighted by atomic mass is 9.89. The van der Waals surface area contributed by atoms with E-state index in [-0.39, 0.29) is 10.9 Å². The normalized spacial score (nSPS) is 16.7. The molecule has 0 spiro atoms. The molecule has 35 heavy (non-hydrogen) atoms. The standard InChI is InChI=1S/C27H29ClN2O4S/c1-18-12-14-20(15-13-18)35(32,33)30(24-10-7-9-22(28)19(24)2)17-26(31)29-23-16-27(3,4)34-25-11-6-5-8-21(23)25/h5-15,23H,16-17H2,1-4H3,(H,29,31). The van der Waals surface area contributed by atoms with Gasteiger partial charge in [-0.25, -0.2) is 8.42 Å². The molecule has 6 nitrogen and oxygen atoms in total. The molecule has 0 aliphatic carbocycles. The van der Waals surface area contributed by atoms with E-state index in [1.54, 1.807) is 49.4 Å². The van der Waals surface area contributed by atoms with Crippen LogP contribution in [-0.4, -0.2) is 26.5 Å². The van der Waals surface area contributed by atoms with Gasteiger partial charge < -0.3 is 10.1 Å². The van der Waals surface area contributed by atoms with E-state index in [2.05, 4.69) is 5.32 Å². The maximum Gasteiger partial charge on any atom is 0.264 e. The molecule has 0 saturated carbocycles. The average molecular weight is 513 g/mol. The monoisotopic (exact) mass is 512 g/mol. The van der Waals surface area contributed by atoms with Crippen molar-refractivity contribution in [3.05, 3.63) is 88.4 Å². The van der Waals surface area contributed by atoms with E-state index < -0.39 is 28.1 Å². The van der Waals surface area contributed by atoms with Crippen molar-refractivity contribution in [2.75, 3.05) is 10.8 Å². The Hall–Kier alpha value is -3.03. The number of halogens is 1. The molecule has 0 fully saturated rings. The third kappa shape index (κ3) is 5.31. The summed E-state index contributed by atoms with van der Waals surface area (Å²) < 4.78 is 34.6. The highest BCUT2D eigenvalue weighted by atomic mass is 35.5. The van der Waals surface area contributed by atoms with Crippen molar-refractivity contribution in [1.29, 1.82) is 0 Å². The number of nitrogens with one attached hydrogen (secondary N) is 1. The minimum Gasteiger partial charge on any atom is -0.487 e. The van der Waals surface area contributed by atoms with Crippen molar-refractivity contribution >= 4 is 33.2 Å². The summed E-state index contributed by atoms with van der Waals surface area (Å²) >= 11 is 6.32. The number of fused-ring (bicyclic) bond motifs is 1. The van der Waals surface area contributed by atoms with Gasteiger partial charge in [0.25, 0.3) is 10.0 Å². The third-order valence-electron chi connectivity index (χ3n) is 6.12. The summed E-state index contributed by atoms with van der Waals surface area (Å²) in [5, 5.41) is 3.46. The van der Waals surface area contributed by atoms with Gasteiger partial charge in [0.2, 0.25) is 5.91 Å². The largest absolute Gasteiger partial charge is 0.487 e. The molecule has 1 N–H and O–H groups in total. The summed E-state index contributed by atoms with van der Waals surface area (Å²) in [6.07, 6.45) is 0.552. The van der Waals surface area contributed by atoms with Crippen LogP contribution in [0.4, 0.5) is 5.69 Å². The molecule has 3 aromatic rings. The molecule has 0 bridgehead atoms. The summed E-state index contributed by atoms with van der Waals surface area (Å²) in [6, 6.07) is 18.8. The van der Waals surface area contributed by atoms with Crippen LogP contribution in [0.5, 0.6) is 5.75 Å². The van der Waals surface area contributed by atoms with Gasteiger partial charge in [-0.2, -0.15) is 0 Å². The van der Waals surface area contributed by atoms with Crippen LogP contribution in [0.15, 0.2) is 71.6 Å². The van der Waals surface area contributed by atoms with Crippen molar-refractivity contribution in [3.8, 4) is 5.75 Å². The van der Waals surface area contributed by atoms with Crippen LogP contribution < -0.4 is 14.4 Å². The van der Waals surface area contributed by atoms with Crippen molar-refractivity contribution in [3.63, 3.8) is 0 Å². The molecule has 1 amide bonds. The first-order chi connectivity index (χ1) is 16.5. The lowest BCUT2D eigenvalue weighted by Gasteiger charge is -2.38. The van der Waals surface area contributed by atoms with Crippen LogP contribution in [0, 0.1) is 13.8 Å². The molecule has 4 rings (SSSR count). The van der Waals surface area contributed by atoms with Gasteiger partial charge in [-0.15, -0.1) is 0 Å². The van der Waals surface area contributed by atoms with E-state index in [0.29, 0.717) is 28.4 Å². The molecule has 0 aromatic heterocycles. The lowest BCUT2D eigenvalue weighted by molar-refractivity contribution is -0.120. The molecule has 1 heterocycles. The Bertz CT molecular complexity index is 1350. The first-order valence-corrected chi connectivity index (χ1v) is 13.2. The second kappa shape index (κ2) is 9.55. The Morgan fingerprint density at radius 2 is 1.74 bits per heavy atom. The highest BCUT2D eigenvalue weighted by Gasteiger charge is 2.35. The summed E-state index contributed by atoms with van der Waals surface area (Å²) in [5.41, 5.74) is 2.26. The van der Waals surface area contributed by atoms with Crippen LogP contribution in [0.2, 0.25) is 5.02 Å². The van der Waals surface area contributed by atoms with Crippen molar-refractivity contribution in [2.24, 2.45) is 0 Å². The Kier molecular flexibility index (Phi) is 6.84. The first kappa shape index (κ1) is 25.1. The van der Waals surface area contributed by atoms with Gasteiger partial charge in [0.05, 0.1) is 16.6 Å². The number of carbonyl (C=O) groups excluding carboxylic acids is 1. The van der Waals surface area contributed by atoms with E-state index >= 15 is 0 Å². The quantitative estimate of drug-likeness (QED) is 0.468. The molecule has 184 valence electrons. The van der Waals surface area contributed by atoms with Crippen molar-refractivity contribution in [1.82, 2.24) is 5.32 Å². The minimum absolute atomic E-state index is 0.104. The number of hydrogen-bond donors (Lipinski definition) is 1. The smallest absolute Gasteiger partial charge is 0.264 e. The number of carbonyl (C=O) groups is 1. The topological polar surface area (TPSA) is 75.7 Å². The average Bonchev–Trinajstić information content (AvgIpc) is 2.79.